The molecule has 2 atom stereocenters. The third-order valence-corrected chi connectivity index (χ3v) is 4.19. The molecule has 2 N–H and O–H groups in total. The smallest absolute Gasteiger partial charge is 0.379 e. The van der Waals surface area contributed by atoms with Crippen LogP contribution in [0.1, 0.15) is 37.0 Å². The fraction of sp³-hybridized carbons (Fsp3) is 0.625. The van der Waals surface area contributed by atoms with Gasteiger partial charge in [0.1, 0.15) is 5.82 Å². The number of alkyl halides is 3. The van der Waals surface area contributed by atoms with E-state index in [-0.39, 0.29) is 5.56 Å². The Morgan fingerprint density at radius 2 is 2.21 bits per heavy atom. The van der Waals surface area contributed by atoms with Gasteiger partial charge < -0.3 is 15.3 Å². The Morgan fingerprint density at radius 3 is 2.83 bits per heavy atom. The normalized spacial score (nSPS) is 21.2. The van der Waals surface area contributed by atoms with E-state index in [9.17, 15) is 23.1 Å². The lowest BCUT2D eigenvalue weighted by Gasteiger charge is -2.32. The second kappa shape index (κ2) is 6.96. The first-order chi connectivity index (χ1) is 11.1. The number of rotatable bonds is 4. The Balaban J connectivity index is 2.04. The van der Waals surface area contributed by atoms with Gasteiger partial charge in [-0.3, -0.25) is 4.79 Å². The predicted molar refractivity (Wildman–Crippen MR) is 83.9 cm³/mol. The van der Waals surface area contributed by atoms with Crippen LogP contribution in [0.25, 0.3) is 0 Å². The van der Waals surface area contributed by atoms with Crippen LogP contribution in [0.4, 0.5) is 19.0 Å². The van der Waals surface area contributed by atoms with Crippen LogP contribution in [0.15, 0.2) is 18.3 Å². The second-order valence-electron chi connectivity index (χ2n) is 6.55. The number of halogens is 3. The Morgan fingerprint density at radius 1 is 1.50 bits per heavy atom. The van der Waals surface area contributed by atoms with Crippen LogP contribution in [0.5, 0.6) is 0 Å². The van der Waals surface area contributed by atoms with Crippen LogP contribution in [0, 0.1) is 5.92 Å². The van der Waals surface area contributed by atoms with Crippen molar-refractivity contribution < 1.29 is 23.1 Å². The lowest BCUT2D eigenvalue weighted by molar-refractivity contribution is -0.249. The predicted octanol–water partition coefficient (Wildman–Crippen LogP) is 2.36. The van der Waals surface area contributed by atoms with Crippen molar-refractivity contribution in [3.05, 3.63) is 23.9 Å². The first-order valence-corrected chi connectivity index (χ1v) is 7.88. The molecule has 24 heavy (non-hydrogen) atoms. The molecule has 0 saturated carbocycles. The van der Waals surface area contributed by atoms with E-state index in [0.717, 1.165) is 25.9 Å². The zero-order chi connectivity index (χ0) is 18.0. The molecular formula is C16H22F3N3O2. The summed E-state index contributed by atoms with van der Waals surface area (Å²) in [4.78, 5) is 18.4. The highest BCUT2D eigenvalue weighted by atomic mass is 19.4. The van der Waals surface area contributed by atoms with E-state index in [1.54, 1.807) is 6.07 Å². The van der Waals surface area contributed by atoms with Gasteiger partial charge in [-0.25, -0.2) is 4.98 Å². The zero-order valence-corrected chi connectivity index (χ0v) is 13.7. The quantitative estimate of drug-likeness (QED) is 0.879. The number of anilines is 1. The van der Waals surface area contributed by atoms with Crippen LogP contribution < -0.4 is 10.2 Å². The number of carbonyl (C=O) groups is 1. The monoisotopic (exact) mass is 345 g/mol. The summed E-state index contributed by atoms with van der Waals surface area (Å²) in [5.41, 5.74) is -2.75. The van der Waals surface area contributed by atoms with Crippen molar-refractivity contribution in [2.45, 2.75) is 38.5 Å². The molecule has 2 heterocycles. The first kappa shape index (κ1) is 18.5. The molecule has 0 bridgehead atoms. The van der Waals surface area contributed by atoms with Crippen molar-refractivity contribution in [1.29, 1.82) is 0 Å². The molecule has 1 amide bonds. The van der Waals surface area contributed by atoms with E-state index in [0.29, 0.717) is 18.7 Å². The minimum atomic E-state index is -4.81. The number of nitrogens with zero attached hydrogens (tertiary/aromatic N) is 2. The van der Waals surface area contributed by atoms with Gasteiger partial charge in [0.05, 0.1) is 6.54 Å². The molecule has 1 aliphatic rings. The molecular weight excluding hydrogens is 323 g/mol. The Labute approximate surface area is 138 Å². The molecule has 8 heteroatoms. The van der Waals surface area contributed by atoms with Gasteiger partial charge in [0.25, 0.3) is 5.91 Å². The maximum Gasteiger partial charge on any atom is 0.418 e. The van der Waals surface area contributed by atoms with E-state index >= 15 is 0 Å². The molecule has 0 aliphatic carbocycles. The average Bonchev–Trinajstić information content (AvgIpc) is 2.52. The Hall–Kier alpha value is -1.83. The van der Waals surface area contributed by atoms with Crippen molar-refractivity contribution >= 4 is 11.7 Å². The lowest BCUT2D eigenvalue weighted by Crippen LogP contribution is -2.51. The number of aromatic nitrogens is 1. The van der Waals surface area contributed by atoms with Crippen LogP contribution in [-0.2, 0) is 0 Å². The Kier molecular flexibility index (Phi) is 5.37. The molecule has 1 aromatic heterocycles. The first-order valence-electron chi connectivity index (χ1n) is 7.88. The van der Waals surface area contributed by atoms with Crippen molar-refractivity contribution in [2.24, 2.45) is 5.92 Å². The number of carbonyl (C=O) groups excluding carboxylic acids is 1. The summed E-state index contributed by atoms with van der Waals surface area (Å²) in [6.45, 7) is 3.53. The minimum Gasteiger partial charge on any atom is -0.379 e. The molecule has 0 aromatic carbocycles. The SMILES string of the molecule is CC1CCCN(c2cc(C(=O)NCC(C)(O)C(F)(F)F)ccn2)C1. The van der Waals surface area contributed by atoms with Crippen molar-refractivity contribution in [2.75, 3.05) is 24.5 Å². The lowest BCUT2D eigenvalue weighted by atomic mass is 10.0. The second-order valence-corrected chi connectivity index (χ2v) is 6.55. The largest absolute Gasteiger partial charge is 0.418 e. The van der Waals surface area contributed by atoms with Gasteiger partial charge in [-0.1, -0.05) is 6.92 Å². The molecule has 1 aliphatic heterocycles. The van der Waals surface area contributed by atoms with E-state index < -0.39 is 24.2 Å². The molecule has 2 rings (SSSR count). The molecule has 134 valence electrons. The van der Waals surface area contributed by atoms with E-state index in [1.807, 2.05) is 0 Å². The minimum absolute atomic E-state index is 0.219. The molecule has 5 nitrogen and oxygen atoms in total. The van der Waals surface area contributed by atoms with Gasteiger partial charge in [-0.2, -0.15) is 13.2 Å². The van der Waals surface area contributed by atoms with Gasteiger partial charge >= 0.3 is 6.18 Å². The standard InChI is InChI=1S/C16H22F3N3O2/c1-11-4-3-7-22(9-11)13-8-12(5-6-20-13)14(23)21-10-15(2,24)16(17,18)19/h5-6,8,11,24H,3-4,7,9-10H2,1-2H3,(H,21,23). The highest BCUT2D eigenvalue weighted by Crippen LogP contribution is 2.29. The van der Waals surface area contributed by atoms with Gasteiger partial charge in [0.15, 0.2) is 5.60 Å². The van der Waals surface area contributed by atoms with E-state index in [1.165, 1.54) is 12.3 Å². The number of piperidine rings is 1. The molecule has 0 spiro atoms. The number of nitrogens with one attached hydrogen (secondary N) is 1. The molecule has 1 fully saturated rings. The summed E-state index contributed by atoms with van der Waals surface area (Å²) in [6.07, 6.45) is -1.17. The molecule has 0 radical (unpaired) electrons. The fourth-order valence-corrected chi connectivity index (χ4v) is 2.58. The van der Waals surface area contributed by atoms with Gasteiger partial charge in [0.2, 0.25) is 0 Å². The van der Waals surface area contributed by atoms with Gasteiger partial charge in [-0.05, 0) is 37.8 Å². The van der Waals surface area contributed by atoms with Crippen LogP contribution in [-0.4, -0.2) is 47.4 Å². The third-order valence-electron chi connectivity index (χ3n) is 4.19. The summed E-state index contributed by atoms with van der Waals surface area (Å²) in [5.74, 6) is 0.491. The number of amides is 1. The average molecular weight is 345 g/mol. The summed E-state index contributed by atoms with van der Waals surface area (Å²) in [6, 6.07) is 3.00. The molecule has 2 unspecified atom stereocenters. The number of pyridine rings is 1. The molecule has 1 aromatic rings. The van der Waals surface area contributed by atoms with Gasteiger partial charge in [0, 0.05) is 24.8 Å². The van der Waals surface area contributed by atoms with Gasteiger partial charge in [-0.15, -0.1) is 0 Å². The van der Waals surface area contributed by atoms with Crippen molar-refractivity contribution in [1.82, 2.24) is 10.3 Å². The van der Waals surface area contributed by atoms with E-state index in [4.69, 9.17) is 0 Å². The number of hydrogen-bond acceptors (Lipinski definition) is 4. The molecule has 1 saturated heterocycles. The fourth-order valence-electron chi connectivity index (χ4n) is 2.58. The highest BCUT2D eigenvalue weighted by Gasteiger charge is 2.49. The number of hydrogen-bond donors (Lipinski definition) is 2. The topological polar surface area (TPSA) is 65.5 Å². The Bertz CT molecular complexity index is 590. The third kappa shape index (κ3) is 4.37. The van der Waals surface area contributed by atoms with Crippen LogP contribution in [0.2, 0.25) is 0 Å². The van der Waals surface area contributed by atoms with Crippen molar-refractivity contribution in [3.63, 3.8) is 0 Å². The summed E-state index contributed by atoms with van der Waals surface area (Å²) < 4.78 is 37.8. The highest BCUT2D eigenvalue weighted by molar-refractivity contribution is 5.94. The van der Waals surface area contributed by atoms with E-state index in [2.05, 4.69) is 22.1 Å². The van der Waals surface area contributed by atoms with Crippen molar-refractivity contribution in [3.8, 4) is 0 Å². The maximum atomic E-state index is 12.6. The van der Waals surface area contributed by atoms with Crippen LogP contribution in [0.3, 0.4) is 0 Å². The number of aliphatic hydroxyl groups is 1. The summed E-state index contributed by atoms with van der Waals surface area (Å²) in [5, 5.41) is 11.5. The summed E-state index contributed by atoms with van der Waals surface area (Å²) >= 11 is 0. The zero-order valence-electron chi connectivity index (χ0n) is 13.7. The maximum absolute atomic E-state index is 12.6. The van der Waals surface area contributed by atoms with Crippen LogP contribution >= 0.6 is 0 Å². The summed E-state index contributed by atoms with van der Waals surface area (Å²) in [7, 11) is 0.